The second-order valence-corrected chi connectivity index (χ2v) is 12.1. The molecule has 0 bridgehead atoms. The number of amides is 6. The summed E-state index contributed by atoms with van der Waals surface area (Å²) < 4.78 is 14.6. The van der Waals surface area contributed by atoms with Crippen LogP contribution in [0.15, 0.2) is 24.3 Å². The first-order chi connectivity index (χ1) is 22.9. The molecule has 50 heavy (non-hydrogen) atoms. The number of carbonyl (C=O) groups excluding carboxylic acids is 5. The van der Waals surface area contributed by atoms with Crippen LogP contribution in [-0.2, 0) is 72.7 Å². The monoisotopic (exact) mass is 784 g/mol. The summed E-state index contributed by atoms with van der Waals surface area (Å²) in [4.78, 5) is 72.5. The standard InChI is InChI=1S/C28H43N6O10.C4H10N.Y/c1-18(2)24(34-23(36)11-10-22(35)30-13-14-43-16-15-42-3)26(38)33-21(5-4-12-31-27(29)39)25(37)32-20-8-6-19(7-9-20)17-44-28(40)41;1-4(2,3)5;/h6-10,18,21,24H,4-5,11-17H2,1-3H3,(H,30,35)(H,32,37)(H,33,38)(H,34,36)(H,40,41)(H3,29,31,39);5H,1-3H3;/q2*-1;/t21-,24-;;/m0../s1. The van der Waals surface area contributed by atoms with Gasteiger partial charge in [-0.05, 0) is 36.5 Å². The van der Waals surface area contributed by atoms with Gasteiger partial charge in [0.25, 0.3) is 0 Å². The number of nitrogens with one attached hydrogen (secondary N) is 6. The van der Waals surface area contributed by atoms with Gasteiger partial charge in [0.1, 0.15) is 18.7 Å². The summed E-state index contributed by atoms with van der Waals surface area (Å²) in [5, 5.41) is 21.6. The summed E-state index contributed by atoms with van der Waals surface area (Å²) in [6.45, 7) is 10.3. The van der Waals surface area contributed by atoms with Crippen molar-refractivity contribution >= 4 is 41.5 Å². The second-order valence-electron chi connectivity index (χ2n) is 12.1. The molecule has 0 heterocycles. The van der Waals surface area contributed by atoms with Gasteiger partial charge >= 0.3 is 12.2 Å². The number of anilines is 1. The van der Waals surface area contributed by atoms with Gasteiger partial charge < -0.3 is 62.2 Å². The van der Waals surface area contributed by atoms with Gasteiger partial charge in [0.2, 0.25) is 11.8 Å². The van der Waals surface area contributed by atoms with Gasteiger partial charge in [-0.3, -0.25) is 20.8 Å². The summed E-state index contributed by atoms with van der Waals surface area (Å²) in [7, 11) is 1.55. The van der Waals surface area contributed by atoms with Crippen LogP contribution in [-0.4, -0.2) is 98.6 Å². The van der Waals surface area contributed by atoms with Crippen molar-refractivity contribution < 1.29 is 80.8 Å². The molecule has 0 aliphatic rings. The molecule has 281 valence electrons. The molecule has 2 atom stereocenters. The van der Waals surface area contributed by atoms with Crippen LogP contribution in [0.1, 0.15) is 59.4 Å². The first-order valence-electron chi connectivity index (χ1n) is 15.7. The van der Waals surface area contributed by atoms with Crippen LogP contribution in [0.25, 0.3) is 5.73 Å². The van der Waals surface area contributed by atoms with E-state index in [-0.39, 0.29) is 83.3 Å². The smallest absolute Gasteiger partial charge is 0.506 e. The second kappa shape index (κ2) is 27.2. The molecular weight excluding hydrogens is 731 g/mol. The number of urea groups is 1. The van der Waals surface area contributed by atoms with Crippen LogP contribution in [0, 0.1) is 12.3 Å². The fourth-order valence-corrected chi connectivity index (χ4v) is 3.62. The number of ether oxygens (including phenoxy) is 3. The van der Waals surface area contributed by atoms with Gasteiger partial charge in [0, 0.05) is 58.6 Å². The van der Waals surface area contributed by atoms with E-state index in [2.05, 4.69) is 31.3 Å². The molecule has 1 radical (unpaired) electrons. The molecule has 1 aromatic carbocycles. The van der Waals surface area contributed by atoms with E-state index in [0.717, 1.165) is 6.42 Å². The fourth-order valence-electron chi connectivity index (χ4n) is 3.62. The third-order valence-electron chi connectivity index (χ3n) is 5.90. The number of benzene rings is 1. The number of methoxy groups -OCH3 is 1. The summed E-state index contributed by atoms with van der Waals surface area (Å²) in [6.07, 6.45) is -0.108. The summed E-state index contributed by atoms with van der Waals surface area (Å²) in [5.74, 6) is -2.57. The Labute approximate surface area is 319 Å². The van der Waals surface area contributed by atoms with Crippen LogP contribution in [0.3, 0.4) is 0 Å². The molecular formula is C32H53N7O10Y-2. The van der Waals surface area contributed by atoms with Crippen LogP contribution < -0.4 is 32.3 Å². The third kappa shape index (κ3) is 27.3. The third-order valence-corrected chi connectivity index (χ3v) is 5.90. The van der Waals surface area contributed by atoms with Gasteiger partial charge in [-0.25, -0.2) is 9.59 Å². The van der Waals surface area contributed by atoms with Crippen molar-refractivity contribution in [3.05, 3.63) is 42.0 Å². The number of hydrogen-bond acceptors (Lipinski definition) is 9. The molecule has 1 aromatic rings. The molecule has 0 aromatic heterocycles. The Morgan fingerprint density at radius 1 is 0.940 bits per heavy atom. The number of carboxylic acid groups (broad SMARTS) is 1. The molecule has 18 heteroatoms. The Morgan fingerprint density at radius 2 is 1.56 bits per heavy atom. The predicted molar refractivity (Wildman–Crippen MR) is 182 cm³/mol. The van der Waals surface area contributed by atoms with Crippen molar-refractivity contribution in [2.24, 2.45) is 11.7 Å². The predicted octanol–water partition coefficient (Wildman–Crippen LogP) is 2.10. The average molecular weight is 785 g/mol. The molecule has 0 aliphatic heterocycles. The maximum Gasteiger partial charge on any atom is 0.506 e. The van der Waals surface area contributed by atoms with Crippen molar-refractivity contribution in [3.63, 3.8) is 0 Å². The maximum atomic E-state index is 13.2. The fraction of sp³-hybridized carbons (Fsp3) is 0.594. The number of nitrogens with two attached hydrogens (primary N) is 1. The summed E-state index contributed by atoms with van der Waals surface area (Å²) >= 11 is 0. The Kier molecular flexibility index (Phi) is 26.5. The molecule has 1 rings (SSSR count). The van der Waals surface area contributed by atoms with Crippen LogP contribution in [0.5, 0.6) is 0 Å². The molecule has 0 saturated carbocycles. The van der Waals surface area contributed by atoms with Crippen molar-refractivity contribution in [1.29, 1.82) is 0 Å². The van der Waals surface area contributed by atoms with Gasteiger partial charge in [-0.2, -0.15) is 0 Å². The van der Waals surface area contributed by atoms with E-state index in [0.29, 0.717) is 30.9 Å². The molecule has 0 saturated heterocycles. The zero-order valence-corrected chi connectivity index (χ0v) is 32.6. The van der Waals surface area contributed by atoms with Crippen molar-refractivity contribution in [3.8, 4) is 0 Å². The topological polar surface area (TPSA) is 260 Å². The minimum absolute atomic E-state index is 0. The largest absolute Gasteiger partial charge is 0.673 e. The number of primary amides is 1. The minimum Gasteiger partial charge on any atom is -0.673 e. The molecule has 0 fully saturated rings. The van der Waals surface area contributed by atoms with E-state index in [4.69, 9.17) is 26.0 Å². The first-order valence-corrected chi connectivity index (χ1v) is 15.7. The number of hydrogen-bond donors (Lipinski definition) is 7. The molecule has 6 amide bonds. The van der Waals surface area contributed by atoms with Gasteiger partial charge in [-0.15, -0.1) is 5.54 Å². The molecule has 0 spiro atoms. The van der Waals surface area contributed by atoms with Crippen LogP contribution in [0.4, 0.5) is 15.3 Å². The summed E-state index contributed by atoms with van der Waals surface area (Å²) in [5.41, 5.74) is 12.7. The van der Waals surface area contributed by atoms with E-state index >= 15 is 0 Å². The Morgan fingerprint density at radius 3 is 2.10 bits per heavy atom. The molecule has 17 nitrogen and oxygen atoms in total. The first kappa shape index (κ1) is 48.6. The Bertz CT molecular complexity index is 1170. The number of carbonyl (C=O) groups is 6. The Balaban J connectivity index is 0. The molecule has 9 N–H and O–H groups in total. The normalized spacial score (nSPS) is 11.7. The minimum atomic E-state index is -1.41. The van der Waals surface area contributed by atoms with Crippen molar-refractivity contribution in [1.82, 2.24) is 21.3 Å². The van der Waals surface area contributed by atoms with E-state index in [1.54, 1.807) is 45.2 Å². The molecule has 0 unspecified atom stereocenters. The van der Waals surface area contributed by atoms with Gasteiger partial charge in [0.05, 0.1) is 25.7 Å². The van der Waals surface area contributed by atoms with Crippen molar-refractivity contribution in [2.75, 3.05) is 45.3 Å². The zero-order chi connectivity index (χ0) is 37.4. The number of rotatable bonds is 21. The van der Waals surface area contributed by atoms with E-state index in [9.17, 15) is 28.8 Å². The quantitative estimate of drug-likeness (QED) is 0.0543. The van der Waals surface area contributed by atoms with Crippen LogP contribution >= 0.6 is 0 Å². The average Bonchev–Trinajstić information content (AvgIpc) is 3.00. The molecule has 0 aliphatic carbocycles. The van der Waals surface area contributed by atoms with Gasteiger partial charge in [-0.1, -0.05) is 53.2 Å². The van der Waals surface area contributed by atoms with Crippen LogP contribution in [0.2, 0.25) is 0 Å². The Hall–Kier alpha value is -3.51. The van der Waals surface area contributed by atoms with E-state index in [1.807, 2.05) is 20.8 Å². The zero-order valence-electron chi connectivity index (χ0n) is 29.8. The van der Waals surface area contributed by atoms with Crippen molar-refractivity contribution in [2.45, 2.75) is 78.1 Å². The van der Waals surface area contributed by atoms with E-state index in [1.165, 1.54) is 0 Å². The van der Waals surface area contributed by atoms with E-state index < -0.39 is 47.9 Å². The summed E-state index contributed by atoms with van der Waals surface area (Å²) in [6, 6.07) is 3.44. The van der Waals surface area contributed by atoms with Gasteiger partial charge in [0.15, 0.2) is 5.91 Å². The SMILES string of the molecule is CC(C)(C)[NH-].COCCOCCNC(=O)[CH-]CC(=O)N[C@H](C(=O)N[C@@H](CCCNC(N)=O)C(=O)Nc1ccc(COC(=O)O)cc1)C(C)C.[Y]. The maximum absolute atomic E-state index is 13.2.